The summed E-state index contributed by atoms with van der Waals surface area (Å²) < 4.78 is 0. The van der Waals surface area contributed by atoms with E-state index < -0.39 is 0 Å². The van der Waals surface area contributed by atoms with Gasteiger partial charge in [0.15, 0.2) is 0 Å². The summed E-state index contributed by atoms with van der Waals surface area (Å²) in [6.07, 6.45) is 3.44. The van der Waals surface area contributed by atoms with Crippen LogP contribution in [0.1, 0.15) is 32.3 Å². The highest BCUT2D eigenvalue weighted by Gasteiger charge is 2.08. The van der Waals surface area contributed by atoms with E-state index in [1.54, 1.807) is 0 Å². The lowest BCUT2D eigenvalue weighted by atomic mass is 10.0. The molecule has 1 aromatic carbocycles. The number of hydrogen-bond donors (Lipinski definition) is 0. The molecule has 0 aliphatic heterocycles. The van der Waals surface area contributed by atoms with Crippen LogP contribution in [0.3, 0.4) is 0 Å². The van der Waals surface area contributed by atoms with Gasteiger partial charge in [-0.1, -0.05) is 59.0 Å². The number of halogens is 3. The third-order valence-corrected chi connectivity index (χ3v) is 4.02. The Balaban J connectivity index is 2.49. The molecule has 0 nitrogen and oxygen atoms in total. The summed E-state index contributed by atoms with van der Waals surface area (Å²) in [6.45, 7) is 4.50. The van der Waals surface area contributed by atoms with Gasteiger partial charge in [-0.05, 0) is 42.9 Å². The summed E-state index contributed by atoms with van der Waals surface area (Å²) in [5.74, 6) is 0.758. The maximum absolute atomic E-state index is 5.98. The zero-order valence-electron chi connectivity index (χ0n) is 9.64. The third kappa shape index (κ3) is 5.07. The van der Waals surface area contributed by atoms with Gasteiger partial charge >= 0.3 is 0 Å². The second-order valence-electron chi connectivity index (χ2n) is 4.52. The first-order valence-electron chi connectivity index (χ1n) is 5.57. The van der Waals surface area contributed by atoms with E-state index in [-0.39, 0.29) is 0 Å². The quantitative estimate of drug-likeness (QED) is 0.606. The maximum Gasteiger partial charge on any atom is 0.0595 e. The van der Waals surface area contributed by atoms with Gasteiger partial charge in [0, 0.05) is 4.83 Å². The fourth-order valence-corrected chi connectivity index (χ4v) is 2.50. The first kappa shape index (κ1) is 14.3. The first-order valence-corrected chi connectivity index (χ1v) is 7.24. The van der Waals surface area contributed by atoms with E-state index in [9.17, 15) is 0 Å². The van der Waals surface area contributed by atoms with E-state index in [2.05, 4.69) is 29.8 Å². The number of benzene rings is 1. The molecule has 0 aromatic heterocycles. The number of hydrogen-bond acceptors (Lipinski definition) is 0. The van der Waals surface area contributed by atoms with Crippen LogP contribution in [0, 0.1) is 5.92 Å². The van der Waals surface area contributed by atoms with Crippen molar-refractivity contribution >= 4 is 39.1 Å². The van der Waals surface area contributed by atoms with Crippen LogP contribution in [0.25, 0.3) is 0 Å². The smallest absolute Gasteiger partial charge is 0.0595 e. The predicted molar refractivity (Wildman–Crippen MR) is 77.0 cm³/mol. The Kier molecular flexibility index (Phi) is 6.17. The fourth-order valence-electron chi connectivity index (χ4n) is 1.54. The lowest BCUT2D eigenvalue weighted by Gasteiger charge is -2.11. The SMILES string of the molecule is CC(C)CCC(Br)Cc1ccc(Cl)c(Cl)c1. The van der Waals surface area contributed by atoms with Crippen LogP contribution < -0.4 is 0 Å². The third-order valence-electron chi connectivity index (χ3n) is 2.50. The normalized spacial score (nSPS) is 13.1. The van der Waals surface area contributed by atoms with Crippen LogP contribution in [-0.4, -0.2) is 4.83 Å². The minimum Gasteiger partial charge on any atom is -0.0887 e. The molecule has 0 bridgehead atoms. The van der Waals surface area contributed by atoms with Crippen molar-refractivity contribution in [3.63, 3.8) is 0 Å². The molecule has 1 rings (SSSR count). The van der Waals surface area contributed by atoms with Crippen molar-refractivity contribution in [2.75, 3.05) is 0 Å². The average Bonchev–Trinajstić information content (AvgIpc) is 2.21. The summed E-state index contributed by atoms with van der Waals surface area (Å²) in [6, 6.07) is 5.85. The second-order valence-corrected chi connectivity index (χ2v) is 6.63. The molecular formula is C13H17BrCl2. The topological polar surface area (TPSA) is 0 Å². The molecule has 1 aromatic rings. The fraction of sp³-hybridized carbons (Fsp3) is 0.538. The molecule has 90 valence electrons. The van der Waals surface area contributed by atoms with Gasteiger partial charge < -0.3 is 0 Å². The van der Waals surface area contributed by atoms with Crippen molar-refractivity contribution < 1.29 is 0 Å². The monoisotopic (exact) mass is 322 g/mol. The van der Waals surface area contributed by atoms with E-state index in [4.69, 9.17) is 23.2 Å². The van der Waals surface area contributed by atoms with Crippen molar-refractivity contribution in [1.29, 1.82) is 0 Å². The zero-order chi connectivity index (χ0) is 12.1. The van der Waals surface area contributed by atoms with Gasteiger partial charge in [0.2, 0.25) is 0 Å². The van der Waals surface area contributed by atoms with Crippen LogP contribution >= 0.6 is 39.1 Å². The van der Waals surface area contributed by atoms with E-state index >= 15 is 0 Å². The molecule has 0 aliphatic carbocycles. The highest BCUT2D eigenvalue weighted by Crippen LogP contribution is 2.25. The Hall–Kier alpha value is 0.280. The molecule has 0 amide bonds. The van der Waals surface area contributed by atoms with Crippen molar-refractivity contribution in [3.05, 3.63) is 33.8 Å². The lowest BCUT2D eigenvalue weighted by Crippen LogP contribution is -2.04. The molecule has 1 atom stereocenters. The molecule has 0 aliphatic rings. The molecule has 0 N–H and O–H groups in total. The van der Waals surface area contributed by atoms with Crippen LogP contribution in [0.5, 0.6) is 0 Å². The van der Waals surface area contributed by atoms with Crippen molar-refractivity contribution in [3.8, 4) is 0 Å². The minimum absolute atomic E-state index is 0.521. The average molecular weight is 324 g/mol. The summed E-state index contributed by atoms with van der Waals surface area (Å²) in [4.78, 5) is 0.521. The van der Waals surface area contributed by atoms with Crippen LogP contribution in [0.4, 0.5) is 0 Å². The molecule has 0 fully saturated rings. The molecule has 0 saturated carbocycles. The maximum atomic E-state index is 5.98. The van der Waals surface area contributed by atoms with Crippen LogP contribution in [0.2, 0.25) is 10.0 Å². The molecule has 0 saturated heterocycles. The molecular weight excluding hydrogens is 307 g/mol. The molecule has 0 radical (unpaired) electrons. The predicted octanol–water partition coefficient (Wildman–Crippen LogP) is 5.74. The van der Waals surface area contributed by atoms with Gasteiger partial charge in [0.1, 0.15) is 0 Å². The van der Waals surface area contributed by atoms with Gasteiger partial charge in [0.05, 0.1) is 10.0 Å². The lowest BCUT2D eigenvalue weighted by molar-refractivity contribution is 0.547. The van der Waals surface area contributed by atoms with Crippen LogP contribution in [0.15, 0.2) is 18.2 Å². The Morgan fingerprint density at radius 2 is 1.81 bits per heavy atom. The van der Waals surface area contributed by atoms with E-state index in [1.807, 2.05) is 18.2 Å². The zero-order valence-corrected chi connectivity index (χ0v) is 12.7. The summed E-state index contributed by atoms with van der Waals surface area (Å²) in [5, 5.41) is 1.27. The molecule has 16 heavy (non-hydrogen) atoms. The molecule has 3 heteroatoms. The Bertz CT molecular complexity index is 337. The largest absolute Gasteiger partial charge is 0.0887 e. The molecule has 0 spiro atoms. The van der Waals surface area contributed by atoms with Gasteiger partial charge in [-0.3, -0.25) is 0 Å². The molecule has 0 heterocycles. The Morgan fingerprint density at radius 3 is 2.38 bits per heavy atom. The summed E-state index contributed by atoms with van der Waals surface area (Å²) >= 11 is 15.6. The van der Waals surface area contributed by atoms with E-state index in [1.165, 1.54) is 18.4 Å². The first-order chi connectivity index (χ1) is 7.49. The van der Waals surface area contributed by atoms with Crippen LogP contribution in [-0.2, 0) is 6.42 Å². The highest BCUT2D eigenvalue weighted by atomic mass is 79.9. The Morgan fingerprint density at radius 1 is 1.12 bits per heavy atom. The summed E-state index contributed by atoms with van der Waals surface area (Å²) in [5.41, 5.74) is 1.24. The number of alkyl halides is 1. The van der Waals surface area contributed by atoms with Gasteiger partial charge in [-0.15, -0.1) is 0 Å². The highest BCUT2D eigenvalue weighted by molar-refractivity contribution is 9.09. The second kappa shape index (κ2) is 6.88. The van der Waals surface area contributed by atoms with Gasteiger partial charge in [-0.2, -0.15) is 0 Å². The Labute approximate surface area is 116 Å². The number of rotatable bonds is 5. The minimum atomic E-state index is 0.521. The standard InChI is InChI=1S/C13H17BrCl2/c1-9(2)3-5-11(14)7-10-4-6-12(15)13(16)8-10/h4,6,8-9,11H,3,5,7H2,1-2H3. The molecule has 1 unspecified atom stereocenters. The van der Waals surface area contributed by atoms with Gasteiger partial charge in [-0.25, -0.2) is 0 Å². The van der Waals surface area contributed by atoms with Crippen molar-refractivity contribution in [2.24, 2.45) is 5.92 Å². The van der Waals surface area contributed by atoms with Gasteiger partial charge in [0.25, 0.3) is 0 Å². The van der Waals surface area contributed by atoms with Crippen molar-refractivity contribution in [1.82, 2.24) is 0 Å². The van der Waals surface area contributed by atoms with E-state index in [0.717, 1.165) is 12.3 Å². The van der Waals surface area contributed by atoms with E-state index in [0.29, 0.717) is 14.9 Å². The summed E-state index contributed by atoms with van der Waals surface area (Å²) in [7, 11) is 0. The van der Waals surface area contributed by atoms with Crippen molar-refractivity contribution in [2.45, 2.75) is 37.9 Å².